The Balaban J connectivity index is 3.05. The van der Waals surface area contributed by atoms with E-state index in [2.05, 4.69) is 16.6 Å². The summed E-state index contributed by atoms with van der Waals surface area (Å²) >= 11 is 0. The second-order valence-corrected chi connectivity index (χ2v) is 6.52. The van der Waals surface area contributed by atoms with Crippen molar-refractivity contribution < 1.29 is 8.42 Å². The van der Waals surface area contributed by atoms with Gasteiger partial charge in [0.1, 0.15) is 4.90 Å². The highest BCUT2D eigenvalue weighted by molar-refractivity contribution is 7.89. The third kappa shape index (κ3) is 4.69. The van der Waals surface area contributed by atoms with Crippen molar-refractivity contribution in [2.24, 2.45) is 0 Å². The van der Waals surface area contributed by atoms with Crippen LogP contribution in [0.2, 0.25) is 0 Å². The minimum absolute atomic E-state index is 0.132. The van der Waals surface area contributed by atoms with Crippen molar-refractivity contribution in [3.05, 3.63) is 36.9 Å². The maximum absolute atomic E-state index is 12.2. The van der Waals surface area contributed by atoms with Gasteiger partial charge in [0.25, 0.3) is 0 Å². The van der Waals surface area contributed by atoms with Crippen LogP contribution in [0.4, 0.5) is 5.69 Å². The number of para-hydroxylation sites is 1. The molecule has 19 heavy (non-hydrogen) atoms. The number of anilines is 1. The molecule has 0 radical (unpaired) electrons. The van der Waals surface area contributed by atoms with Crippen LogP contribution in [0, 0.1) is 0 Å². The fourth-order valence-corrected chi connectivity index (χ4v) is 3.19. The van der Waals surface area contributed by atoms with E-state index in [0.29, 0.717) is 5.69 Å². The standard InChI is InChI=1S/C14H22N2O2S/c1-5-8-12(4)15-13-9-6-7-10-14(13)19(17,18)16-11(2)3/h5-7,9-12,15-16H,1,8H2,2-4H3. The van der Waals surface area contributed by atoms with E-state index in [-0.39, 0.29) is 17.0 Å². The molecule has 0 saturated heterocycles. The van der Waals surface area contributed by atoms with Crippen molar-refractivity contribution in [2.75, 3.05) is 5.32 Å². The van der Waals surface area contributed by atoms with Crippen LogP contribution in [0.5, 0.6) is 0 Å². The van der Waals surface area contributed by atoms with Crippen LogP contribution in [-0.4, -0.2) is 20.5 Å². The zero-order chi connectivity index (χ0) is 14.5. The maximum atomic E-state index is 12.2. The zero-order valence-corrected chi connectivity index (χ0v) is 12.5. The van der Waals surface area contributed by atoms with Crippen LogP contribution >= 0.6 is 0 Å². The van der Waals surface area contributed by atoms with Crippen LogP contribution in [-0.2, 0) is 10.0 Å². The van der Waals surface area contributed by atoms with Gasteiger partial charge >= 0.3 is 0 Å². The van der Waals surface area contributed by atoms with Gasteiger partial charge in [-0.25, -0.2) is 13.1 Å². The van der Waals surface area contributed by atoms with Gasteiger partial charge in [0, 0.05) is 12.1 Å². The molecule has 0 aliphatic rings. The quantitative estimate of drug-likeness (QED) is 0.756. The predicted molar refractivity (Wildman–Crippen MR) is 79.8 cm³/mol. The van der Waals surface area contributed by atoms with E-state index in [4.69, 9.17) is 0 Å². The molecule has 0 aliphatic heterocycles. The summed E-state index contributed by atoms with van der Waals surface area (Å²) in [5.74, 6) is 0. The maximum Gasteiger partial charge on any atom is 0.242 e. The van der Waals surface area contributed by atoms with Crippen molar-refractivity contribution in [1.82, 2.24) is 4.72 Å². The molecule has 1 atom stereocenters. The number of hydrogen-bond donors (Lipinski definition) is 2. The first-order valence-corrected chi connectivity index (χ1v) is 7.84. The molecule has 0 heterocycles. The molecule has 4 nitrogen and oxygen atoms in total. The van der Waals surface area contributed by atoms with Crippen LogP contribution in [0.1, 0.15) is 27.2 Å². The Bertz CT molecular complexity index is 524. The van der Waals surface area contributed by atoms with Crippen LogP contribution < -0.4 is 10.0 Å². The minimum Gasteiger partial charge on any atom is -0.381 e. The molecule has 0 aliphatic carbocycles. The summed E-state index contributed by atoms with van der Waals surface area (Å²) < 4.78 is 27.1. The number of nitrogens with one attached hydrogen (secondary N) is 2. The highest BCUT2D eigenvalue weighted by Crippen LogP contribution is 2.22. The summed E-state index contributed by atoms with van der Waals surface area (Å²) in [6.07, 6.45) is 2.58. The van der Waals surface area contributed by atoms with Crippen molar-refractivity contribution in [3.63, 3.8) is 0 Å². The fourth-order valence-electron chi connectivity index (χ4n) is 1.77. The summed E-state index contributed by atoms with van der Waals surface area (Å²) in [5.41, 5.74) is 0.616. The second kappa shape index (κ2) is 6.73. The van der Waals surface area contributed by atoms with Crippen molar-refractivity contribution >= 4 is 15.7 Å². The zero-order valence-electron chi connectivity index (χ0n) is 11.7. The Morgan fingerprint density at radius 1 is 1.26 bits per heavy atom. The van der Waals surface area contributed by atoms with Crippen molar-refractivity contribution in [3.8, 4) is 0 Å². The number of rotatable bonds is 7. The molecule has 2 N–H and O–H groups in total. The molecule has 0 bridgehead atoms. The molecule has 1 unspecified atom stereocenters. The monoisotopic (exact) mass is 282 g/mol. The molecule has 1 aromatic rings. The third-order valence-electron chi connectivity index (χ3n) is 2.49. The third-order valence-corrected chi connectivity index (χ3v) is 4.21. The molecule has 0 amide bonds. The number of benzene rings is 1. The van der Waals surface area contributed by atoms with E-state index in [1.165, 1.54) is 0 Å². The normalized spacial score (nSPS) is 13.3. The van der Waals surface area contributed by atoms with Crippen LogP contribution in [0.15, 0.2) is 41.8 Å². The summed E-state index contributed by atoms with van der Waals surface area (Å²) in [7, 11) is -3.49. The highest BCUT2D eigenvalue weighted by Gasteiger charge is 2.19. The average molecular weight is 282 g/mol. The van der Waals surface area contributed by atoms with E-state index in [1.54, 1.807) is 38.1 Å². The SMILES string of the molecule is C=CCC(C)Nc1ccccc1S(=O)(=O)NC(C)C. The van der Waals surface area contributed by atoms with Crippen LogP contribution in [0.3, 0.4) is 0 Å². The van der Waals surface area contributed by atoms with E-state index >= 15 is 0 Å². The Morgan fingerprint density at radius 2 is 1.89 bits per heavy atom. The summed E-state index contributed by atoms with van der Waals surface area (Å²) in [6, 6.07) is 6.91. The smallest absolute Gasteiger partial charge is 0.242 e. The average Bonchev–Trinajstić information content (AvgIpc) is 2.28. The summed E-state index contributed by atoms with van der Waals surface area (Å²) in [5, 5.41) is 3.20. The second-order valence-electron chi connectivity index (χ2n) is 4.84. The topological polar surface area (TPSA) is 58.2 Å². The fraction of sp³-hybridized carbons (Fsp3) is 0.429. The molecule has 0 spiro atoms. The molecule has 1 aromatic carbocycles. The lowest BCUT2D eigenvalue weighted by molar-refractivity contribution is 0.570. The van der Waals surface area contributed by atoms with Gasteiger partial charge in [-0.1, -0.05) is 18.2 Å². The molecular weight excluding hydrogens is 260 g/mol. The Labute approximate surface area is 116 Å². The van der Waals surface area contributed by atoms with Gasteiger partial charge < -0.3 is 5.32 Å². The Morgan fingerprint density at radius 3 is 2.47 bits per heavy atom. The van der Waals surface area contributed by atoms with Crippen molar-refractivity contribution in [1.29, 1.82) is 0 Å². The molecular formula is C14H22N2O2S. The first-order chi connectivity index (χ1) is 8.86. The predicted octanol–water partition coefficient (Wildman–Crippen LogP) is 2.75. The molecule has 0 aromatic heterocycles. The lowest BCUT2D eigenvalue weighted by atomic mass is 10.2. The van der Waals surface area contributed by atoms with Gasteiger partial charge in [0.2, 0.25) is 10.0 Å². The van der Waals surface area contributed by atoms with Gasteiger partial charge in [0.05, 0.1) is 5.69 Å². The van der Waals surface area contributed by atoms with E-state index in [0.717, 1.165) is 6.42 Å². The Kier molecular flexibility index (Phi) is 5.57. The van der Waals surface area contributed by atoms with Gasteiger partial charge in [0.15, 0.2) is 0 Å². The minimum atomic E-state index is -3.49. The molecule has 5 heteroatoms. The van der Waals surface area contributed by atoms with Gasteiger partial charge in [-0.05, 0) is 39.3 Å². The first kappa shape index (κ1) is 15.7. The highest BCUT2D eigenvalue weighted by atomic mass is 32.2. The van der Waals surface area contributed by atoms with E-state index in [1.807, 2.05) is 13.0 Å². The molecule has 0 fully saturated rings. The van der Waals surface area contributed by atoms with Gasteiger partial charge in [-0.15, -0.1) is 6.58 Å². The van der Waals surface area contributed by atoms with Crippen LogP contribution in [0.25, 0.3) is 0 Å². The van der Waals surface area contributed by atoms with E-state index in [9.17, 15) is 8.42 Å². The summed E-state index contributed by atoms with van der Waals surface area (Å²) in [4.78, 5) is 0.277. The van der Waals surface area contributed by atoms with Crippen molar-refractivity contribution in [2.45, 2.75) is 44.2 Å². The molecule has 1 rings (SSSR count). The lowest BCUT2D eigenvalue weighted by Crippen LogP contribution is -2.31. The summed E-state index contributed by atoms with van der Waals surface area (Å²) in [6.45, 7) is 9.27. The lowest BCUT2D eigenvalue weighted by Gasteiger charge is -2.18. The molecule has 0 saturated carbocycles. The number of sulfonamides is 1. The van der Waals surface area contributed by atoms with Gasteiger partial charge in [-0.2, -0.15) is 0 Å². The van der Waals surface area contributed by atoms with Gasteiger partial charge in [-0.3, -0.25) is 0 Å². The molecule has 106 valence electrons. The first-order valence-electron chi connectivity index (χ1n) is 6.35. The largest absolute Gasteiger partial charge is 0.381 e. The van der Waals surface area contributed by atoms with E-state index < -0.39 is 10.0 Å². The Hall–Kier alpha value is -1.33. The number of hydrogen-bond acceptors (Lipinski definition) is 3.